The van der Waals surface area contributed by atoms with Crippen molar-refractivity contribution in [2.75, 3.05) is 13.2 Å². The zero-order chi connectivity index (χ0) is 12.3. The topological polar surface area (TPSA) is 74.2 Å². The van der Waals surface area contributed by atoms with Gasteiger partial charge in [0.05, 0.1) is 12.5 Å². The molecular formula is C12H21N3O2. The molecule has 2 N–H and O–H groups in total. The lowest BCUT2D eigenvalue weighted by molar-refractivity contribution is 0.0773. The molecule has 1 aromatic heterocycles. The van der Waals surface area contributed by atoms with E-state index >= 15 is 0 Å². The largest absolute Gasteiger partial charge is 0.381 e. The van der Waals surface area contributed by atoms with E-state index in [0.717, 1.165) is 31.7 Å². The molecule has 1 fully saturated rings. The van der Waals surface area contributed by atoms with Crippen molar-refractivity contribution in [3.05, 3.63) is 11.7 Å². The van der Waals surface area contributed by atoms with Crippen LogP contribution in [-0.2, 0) is 4.74 Å². The molecule has 0 aromatic carbocycles. The molecule has 0 bridgehead atoms. The Kier molecular flexibility index (Phi) is 4.12. The molecule has 2 heterocycles. The monoisotopic (exact) mass is 239 g/mol. The molecule has 96 valence electrons. The van der Waals surface area contributed by atoms with Gasteiger partial charge in [0.15, 0.2) is 5.82 Å². The van der Waals surface area contributed by atoms with Gasteiger partial charge in [-0.2, -0.15) is 4.98 Å². The Labute approximate surface area is 102 Å². The summed E-state index contributed by atoms with van der Waals surface area (Å²) < 4.78 is 10.7. The Bertz CT molecular complexity index is 331. The summed E-state index contributed by atoms with van der Waals surface area (Å²) in [6.45, 7) is 5.64. The standard InChI is InChI=1S/C12H21N3O2/c1-3-10(13)8(2)12-14-11(15-17-12)9-5-4-6-16-7-9/h8-10H,3-7,13H2,1-2H3. The lowest BCUT2D eigenvalue weighted by Gasteiger charge is -2.18. The van der Waals surface area contributed by atoms with E-state index in [0.29, 0.717) is 12.5 Å². The van der Waals surface area contributed by atoms with Gasteiger partial charge in [0.2, 0.25) is 5.89 Å². The van der Waals surface area contributed by atoms with Gasteiger partial charge in [-0.25, -0.2) is 0 Å². The fraction of sp³-hybridized carbons (Fsp3) is 0.833. The maximum Gasteiger partial charge on any atom is 0.231 e. The zero-order valence-electron chi connectivity index (χ0n) is 10.6. The van der Waals surface area contributed by atoms with Crippen molar-refractivity contribution < 1.29 is 9.26 Å². The molecule has 1 aliphatic rings. The molecule has 1 saturated heterocycles. The van der Waals surface area contributed by atoms with Crippen LogP contribution in [0.5, 0.6) is 0 Å². The van der Waals surface area contributed by atoms with Crippen LogP contribution in [0.25, 0.3) is 0 Å². The van der Waals surface area contributed by atoms with E-state index in [2.05, 4.69) is 17.1 Å². The van der Waals surface area contributed by atoms with Crippen LogP contribution in [0.3, 0.4) is 0 Å². The molecular weight excluding hydrogens is 218 g/mol. The first-order chi connectivity index (χ1) is 8.22. The van der Waals surface area contributed by atoms with Gasteiger partial charge in [0.25, 0.3) is 0 Å². The number of nitrogens with zero attached hydrogens (tertiary/aromatic N) is 2. The minimum Gasteiger partial charge on any atom is -0.381 e. The molecule has 3 unspecified atom stereocenters. The third-order valence-electron chi connectivity index (χ3n) is 3.49. The zero-order valence-corrected chi connectivity index (χ0v) is 10.6. The third kappa shape index (κ3) is 2.84. The highest BCUT2D eigenvalue weighted by Gasteiger charge is 2.25. The summed E-state index contributed by atoms with van der Waals surface area (Å²) in [7, 11) is 0. The van der Waals surface area contributed by atoms with Gasteiger partial charge in [0, 0.05) is 18.6 Å². The average Bonchev–Trinajstić information content (AvgIpc) is 2.87. The quantitative estimate of drug-likeness (QED) is 0.867. The van der Waals surface area contributed by atoms with Gasteiger partial charge < -0.3 is 15.0 Å². The number of hydrogen-bond acceptors (Lipinski definition) is 5. The van der Waals surface area contributed by atoms with E-state index in [4.69, 9.17) is 15.0 Å². The number of rotatable bonds is 4. The van der Waals surface area contributed by atoms with Crippen molar-refractivity contribution in [1.29, 1.82) is 0 Å². The summed E-state index contributed by atoms with van der Waals surface area (Å²) in [5.41, 5.74) is 5.98. The fourth-order valence-electron chi connectivity index (χ4n) is 2.08. The minimum absolute atomic E-state index is 0.0749. The van der Waals surface area contributed by atoms with Crippen LogP contribution < -0.4 is 5.73 Å². The summed E-state index contributed by atoms with van der Waals surface area (Å²) in [5.74, 6) is 1.83. The average molecular weight is 239 g/mol. The second kappa shape index (κ2) is 5.60. The summed E-state index contributed by atoms with van der Waals surface area (Å²) in [4.78, 5) is 4.47. The van der Waals surface area contributed by atoms with E-state index < -0.39 is 0 Å². The van der Waals surface area contributed by atoms with Crippen molar-refractivity contribution >= 4 is 0 Å². The van der Waals surface area contributed by atoms with Crippen LogP contribution in [0.4, 0.5) is 0 Å². The lowest BCUT2D eigenvalue weighted by Crippen LogP contribution is -2.25. The summed E-state index contributed by atoms with van der Waals surface area (Å²) in [6, 6.07) is 0.0749. The SMILES string of the molecule is CCC(N)C(C)c1nc(C2CCCOC2)no1. The first-order valence-electron chi connectivity index (χ1n) is 6.39. The summed E-state index contributed by atoms with van der Waals surface area (Å²) in [5, 5.41) is 4.06. The molecule has 0 saturated carbocycles. The van der Waals surface area contributed by atoms with E-state index in [1.54, 1.807) is 0 Å². The first-order valence-corrected chi connectivity index (χ1v) is 6.39. The highest BCUT2D eigenvalue weighted by molar-refractivity contribution is 5.01. The number of hydrogen-bond donors (Lipinski definition) is 1. The van der Waals surface area contributed by atoms with Gasteiger partial charge >= 0.3 is 0 Å². The van der Waals surface area contributed by atoms with Crippen LogP contribution in [0.15, 0.2) is 4.52 Å². The number of aromatic nitrogens is 2. The molecule has 5 nitrogen and oxygen atoms in total. The minimum atomic E-state index is 0.0749. The predicted molar refractivity (Wildman–Crippen MR) is 63.8 cm³/mol. The highest BCUT2D eigenvalue weighted by Crippen LogP contribution is 2.25. The molecule has 1 aliphatic heterocycles. The molecule has 0 radical (unpaired) electrons. The van der Waals surface area contributed by atoms with Gasteiger partial charge in [-0.1, -0.05) is 19.0 Å². The molecule has 17 heavy (non-hydrogen) atoms. The molecule has 1 aromatic rings. The number of ether oxygens (including phenoxy) is 1. The second-order valence-corrected chi connectivity index (χ2v) is 4.77. The Morgan fingerprint density at radius 2 is 2.35 bits per heavy atom. The van der Waals surface area contributed by atoms with Crippen LogP contribution in [0, 0.1) is 0 Å². The van der Waals surface area contributed by atoms with Gasteiger partial charge in [0.1, 0.15) is 0 Å². The molecule has 0 amide bonds. The molecule has 3 atom stereocenters. The van der Waals surface area contributed by atoms with Crippen LogP contribution in [0.1, 0.15) is 56.7 Å². The first kappa shape index (κ1) is 12.5. The van der Waals surface area contributed by atoms with E-state index in [9.17, 15) is 0 Å². The van der Waals surface area contributed by atoms with Crippen molar-refractivity contribution in [2.45, 2.75) is 51.0 Å². The fourth-order valence-corrected chi connectivity index (χ4v) is 2.08. The van der Waals surface area contributed by atoms with Crippen molar-refractivity contribution in [2.24, 2.45) is 5.73 Å². The van der Waals surface area contributed by atoms with Crippen molar-refractivity contribution in [1.82, 2.24) is 10.1 Å². The highest BCUT2D eigenvalue weighted by atomic mass is 16.5. The van der Waals surface area contributed by atoms with E-state index in [1.807, 2.05) is 6.92 Å². The second-order valence-electron chi connectivity index (χ2n) is 4.77. The maximum absolute atomic E-state index is 5.98. The van der Waals surface area contributed by atoms with E-state index in [-0.39, 0.29) is 17.9 Å². The lowest BCUT2D eigenvalue weighted by atomic mass is 10.00. The smallest absolute Gasteiger partial charge is 0.231 e. The van der Waals surface area contributed by atoms with Gasteiger partial charge in [-0.15, -0.1) is 0 Å². The van der Waals surface area contributed by atoms with Crippen LogP contribution in [-0.4, -0.2) is 29.4 Å². The molecule has 2 rings (SSSR count). The summed E-state index contributed by atoms with van der Waals surface area (Å²) >= 11 is 0. The molecule has 0 spiro atoms. The Balaban J connectivity index is 2.04. The van der Waals surface area contributed by atoms with Gasteiger partial charge in [-0.05, 0) is 19.3 Å². The van der Waals surface area contributed by atoms with Crippen molar-refractivity contribution in [3.8, 4) is 0 Å². The Morgan fingerprint density at radius 1 is 1.53 bits per heavy atom. The van der Waals surface area contributed by atoms with Crippen LogP contribution in [0.2, 0.25) is 0 Å². The van der Waals surface area contributed by atoms with Crippen molar-refractivity contribution in [3.63, 3.8) is 0 Å². The maximum atomic E-state index is 5.98. The molecule has 5 heteroatoms. The van der Waals surface area contributed by atoms with E-state index in [1.165, 1.54) is 0 Å². The van der Waals surface area contributed by atoms with Gasteiger partial charge in [-0.3, -0.25) is 0 Å². The number of nitrogens with two attached hydrogens (primary N) is 1. The third-order valence-corrected chi connectivity index (χ3v) is 3.49. The van der Waals surface area contributed by atoms with Crippen LogP contribution >= 0.6 is 0 Å². The Hall–Kier alpha value is -0.940. The summed E-state index contributed by atoms with van der Waals surface area (Å²) in [6.07, 6.45) is 3.05. The predicted octanol–water partition coefficient (Wildman–Crippen LogP) is 1.80. The molecule has 0 aliphatic carbocycles. The Morgan fingerprint density at radius 3 is 3.00 bits per heavy atom. The normalized spacial score (nSPS) is 24.5.